The lowest BCUT2D eigenvalue weighted by Gasteiger charge is -2.11. The van der Waals surface area contributed by atoms with Crippen molar-refractivity contribution in [2.24, 2.45) is 0 Å². The fraction of sp³-hybridized carbons (Fsp3) is 0.158. The zero-order valence-electron chi connectivity index (χ0n) is 15.9. The molecule has 0 fully saturated rings. The van der Waals surface area contributed by atoms with Gasteiger partial charge in [-0.1, -0.05) is 6.92 Å². The summed E-state index contributed by atoms with van der Waals surface area (Å²) in [5.74, 6) is -1.62. The zero-order chi connectivity index (χ0) is 22.3. The van der Waals surface area contributed by atoms with Crippen LogP contribution in [0.3, 0.4) is 0 Å². The van der Waals surface area contributed by atoms with Gasteiger partial charge in [0.2, 0.25) is 17.8 Å². The van der Waals surface area contributed by atoms with E-state index < -0.39 is 23.4 Å². The molecular weight excluding hydrogens is 421 g/mol. The number of alkyl halides is 3. The summed E-state index contributed by atoms with van der Waals surface area (Å²) in [6, 6.07) is 6.02. The first-order valence-electron chi connectivity index (χ1n) is 8.98. The number of fused-ring (bicyclic) bond motifs is 1. The molecule has 2 aromatic carbocycles. The molecular formula is C19H14F5N7. The summed E-state index contributed by atoms with van der Waals surface area (Å²) in [6.07, 6.45) is -4.12. The number of nitrogens with two attached hydrogens (primary N) is 1. The molecule has 160 valence electrons. The third kappa shape index (κ3) is 3.96. The quantitative estimate of drug-likeness (QED) is 0.462. The number of rotatable bonds is 4. The normalized spacial score (nSPS) is 11.8. The van der Waals surface area contributed by atoms with Gasteiger partial charge in [0, 0.05) is 24.2 Å². The van der Waals surface area contributed by atoms with E-state index in [0.29, 0.717) is 12.2 Å². The lowest BCUT2D eigenvalue weighted by atomic mass is 10.2. The van der Waals surface area contributed by atoms with E-state index in [1.54, 1.807) is 6.92 Å². The third-order valence-corrected chi connectivity index (χ3v) is 4.37. The van der Waals surface area contributed by atoms with Gasteiger partial charge in [-0.25, -0.2) is 13.8 Å². The molecule has 31 heavy (non-hydrogen) atoms. The van der Waals surface area contributed by atoms with E-state index in [4.69, 9.17) is 5.73 Å². The van der Waals surface area contributed by atoms with Gasteiger partial charge >= 0.3 is 6.18 Å². The molecule has 0 aliphatic carbocycles. The van der Waals surface area contributed by atoms with Crippen LogP contribution < -0.4 is 11.1 Å². The number of benzene rings is 2. The highest BCUT2D eigenvalue weighted by atomic mass is 19.4. The van der Waals surface area contributed by atoms with Crippen molar-refractivity contribution in [1.82, 2.24) is 24.5 Å². The fourth-order valence-corrected chi connectivity index (χ4v) is 3.02. The summed E-state index contributed by atoms with van der Waals surface area (Å²) in [5, 5.41) is 2.74. The van der Waals surface area contributed by atoms with Crippen LogP contribution in [0.4, 0.5) is 39.5 Å². The second-order valence-corrected chi connectivity index (χ2v) is 6.49. The topological polar surface area (TPSA) is 94.5 Å². The Kier molecular flexibility index (Phi) is 4.91. The Labute approximate surface area is 171 Å². The Hall–Kier alpha value is -3.83. The average Bonchev–Trinajstić information content (AvgIpc) is 3.06. The number of imidazole rings is 1. The van der Waals surface area contributed by atoms with Gasteiger partial charge in [-0.2, -0.15) is 28.1 Å². The highest BCUT2D eigenvalue weighted by Crippen LogP contribution is 2.30. The molecule has 0 aliphatic heterocycles. The highest BCUT2D eigenvalue weighted by Gasteiger charge is 2.30. The fourth-order valence-electron chi connectivity index (χ4n) is 3.02. The molecule has 4 rings (SSSR count). The first-order chi connectivity index (χ1) is 14.7. The molecule has 0 saturated heterocycles. The Morgan fingerprint density at radius 1 is 1.00 bits per heavy atom. The molecule has 0 bridgehead atoms. The second kappa shape index (κ2) is 7.45. The number of halogens is 5. The maximum atomic E-state index is 14.2. The molecule has 0 radical (unpaired) electrons. The molecule has 0 atom stereocenters. The minimum absolute atomic E-state index is 0.0498. The number of aryl methyl sites for hydroxylation is 1. The summed E-state index contributed by atoms with van der Waals surface area (Å²) in [4.78, 5) is 16.3. The van der Waals surface area contributed by atoms with Gasteiger partial charge in [0.15, 0.2) is 5.82 Å². The van der Waals surface area contributed by atoms with Gasteiger partial charge in [0.05, 0.1) is 11.1 Å². The number of nitrogens with zero attached hydrogens (tertiary/aromatic N) is 5. The molecule has 0 saturated carbocycles. The first-order valence-corrected chi connectivity index (χ1v) is 8.98. The molecule has 0 spiro atoms. The van der Waals surface area contributed by atoms with Crippen molar-refractivity contribution in [3.05, 3.63) is 59.4 Å². The van der Waals surface area contributed by atoms with E-state index in [0.717, 1.165) is 24.3 Å². The van der Waals surface area contributed by atoms with E-state index in [9.17, 15) is 22.0 Å². The Balaban J connectivity index is 1.77. The number of nitrogen functional groups attached to an aromatic ring is 1. The minimum Gasteiger partial charge on any atom is -0.368 e. The molecule has 0 aliphatic rings. The first kappa shape index (κ1) is 20.4. The van der Waals surface area contributed by atoms with Crippen molar-refractivity contribution >= 4 is 28.6 Å². The van der Waals surface area contributed by atoms with Gasteiger partial charge in [-0.05, 0) is 24.3 Å². The molecule has 4 aromatic rings. The number of anilines is 3. The summed E-state index contributed by atoms with van der Waals surface area (Å²) in [6.45, 7) is 1.76. The lowest BCUT2D eigenvalue weighted by Crippen LogP contribution is -2.11. The van der Waals surface area contributed by atoms with Gasteiger partial charge in [-0.15, -0.1) is 0 Å². The molecule has 0 unspecified atom stereocenters. The van der Waals surface area contributed by atoms with Gasteiger partial charge in [0.25, 0.3) is 0 Å². The predicted octanol–water partition coefficient (Wildman–Crippen LogP) is 4.40. The van der Waals surface area contributed by atoms with Gasteiger partial charge < -0.3 is 11.1 Å². The van der Waals surface area contributed by atoms with E-state index >= 15 is 0 Å². The maximum absolute atomic E-state index is 14.2. The van der Waals surface area contributed by atoms with Crippen molar-refractivity contribution < 1.29 is 22.0 Å². The molecule has 2 heterocycles. The minimum atomic E-state index is -4.47. The van der Waals surface area contributed by atoms with Gasteiger partial charge in [-0.3, -0.25) is 4.57 Å². The van der Waals surface area contributed by atoms with Crippen molar-refractivity contribution in [1.29, 1.82) is 0 Å². The number of nitrogens with one attached hydrogen (secondary N) is 1. The van der Waals surface area contributed by atoms with Crippen LogP contribution >= 0.6 is 0 Å². The SMILES string of the molecule is CCc1nc2c(F)cc(F)cc2n1-c1nc(N)nc(Nc2ccc(C(F)(F)F)cc2)n1. The number of aromatic nitrogens is 5. The van der Waals surface area contributed by atoms with Crippen LogP contribution in [0, 0.1) is 11.6 Å². The Morgan fingerprint density at radius 2 is 1.71 bits per heavy atom. The van der Waals surface area contributed by atoms with Crippen LogP contribution in [0.5, 0.6) is 0 Å². The summed E-state index contributed by atoms with van der Waals surface area (Å²) < 4.78 is 67.5. The number of hydrogen-bond donors (Lipinski definition) is 2. The Bertz CT molecular complexity index is 1270. The maximum Gasteiger partial charge on any atom is 0.416 e. The Morgan fingerprint density at radius 3 is 2.35 bits per heavy atom. The zero-order valence-corrected chi connectivity index (χ0v) is 15.9. The monoisotopic (exact) mass is 435 g/mol. The molecule has 2 aromatic heterocycles. The van der Waals surface area contributed by atoms with Crippen LogP contribution in [-0.4, -0.2) is 24.5 Å². The highest BCUT2D eigenvalue weighted by molar-refractivity contribution is 5.78. The van der Waals surface area contributed by atoms with Crippen LogP contribution in [0.15, 0.2) is 36.4 Å². The molecule has 12 heteroatoms. The van der Waals surface area contributed by atoms with Crippen molar-refractivity contribution in [2.75, 3.05) is 11.1 Å². The van der Waals surface area contributed by atoms with E-state index in [1.165, 1.54) is 16.7 Å². The van der Waals surface area contributed by atoms with Crippen LogP contribution in [0.2, 0.25) is 0 Å². The van der Waals surface area contributed by atoms with Crippen LogP contribution in [0.25, 0.3) is 17.0 Å². The van der Waals surface area contributed by atoms with E-state index in [-0.39, 0.29) is 34.6 Å². The largest absolute Gasteiger partial charge is 0.416 e. The predicted molar refractivity (Wildman–Crippen MR) is 103 cm³/mol. The van der Waals surface area contributed by atoms with Crippen LogP contribution in [0.1, 0.15) is 18.3 Å². The van der Waals surface area contributed by atoms with E-state index in [1.807, 2.05) is 0 Å². The standard InChI is InChI=1S/C19H14F5N7/c1-2-14-27-15-12(21)7-10(20)8-13(15)31(14)18-29-16(25)28-17(30-18)26-11-5-3-9(4-6-11)19(22,23)24/h3-8H,2H2,1H3,(H3,25,26,28,29,30). The van der Waals surface area contributed by atoms with Gasteiger partial charge in [0.1, 0.15) is 17.2 Å². The molecule has 7 nitrogen and oxygen atoms in total. The lowest BCUT2D eigenvalue weighted by molar-refractivity contribution is -0.137. The molecule has 0 amide bonds. The smallest absolute Gasteiger partial charge is 0.368 e. The average molecular weight is 435 g/mol. The third-order valence-electron chi connectivity index (χ3n) is 4.37. The number of hydrogen-bond acceptors (Lipinski definition) is 6. The molecule has 3 N–H and O–H groups in total. The van der Waals surface area contributed by atoms with Crippen LogP contribution in [-0.2, 0) is 12.6 Å². The summed E-state index contributed by atoms with van der Waals surface area (Å²) in [7, 11) is 0. The van der Waals surface area contributed by atoms with Crippen molar-refractivity contribution in [2.45, 2.75) is 19.5 Å². The van der Waals surface area contributed by atoms with Crippen molar-refractivity contribution in [3.8, 4) is 5.95 Å². The second-order valence-electron chi connectivity index (χ2n) is 6.49. The summed E-state index contributed by atoms with van der Waals surface area (Å²) in [5.41, 5.74) is 5.26. The van der Waals surface area contributed by atoms with E-state index in [2.05, 4.69) is 25.3 Å². The van der Waals surface area contributed by atoms with Crippen molar-refractivity contribution in [3.63, 3.8) is 0 Å². The summed E-state index contributed by atoms with van der Waals surface area (Å²) >= 11 is 0.